The van der Waals surface area contributed by atoms with Gasteiger partial charge in [-0.2, -0.15) is 0 Å². The zero-order chi connectivity index (χ0) is 23.3. The van der Waals surface area contributed by atoms with Crippen LogP contribution in [0.2, 0.25) is 5.02 Å². The van der Waals surface area contributed by atoms with Gasteiger partial charge in [-0.05, 0) is 48.5 Å². The predicted molar refractivity (Wildman–Crippen MR) is 121 cm³/mol. The third-order valence-electron chi connectivity index (χ3n) is 4.65. The van der Waals surface area contributed by atoms with Crippen LogP contribution in [0.1, 0.15) is 20.7 Å². The average molecular weight is 474 g/mol. The van der Waals surface area contributed by atoms with E-state index < -0.39 is 28.4 Å². The van der Waals surface area contributed by atoms with Crippen LogP contribution in [0.4, 0.5) is 5.69 Å². The van der Waals surface area contributed by atoms with Crippen LogP contribution in [0.5, 0.6) is 5.75 Å². The summed E-state index contributed by atoms with van der Waals surface area (Å²) in [5, 5.41) is 0.400. The number of anilines is 1. The maximum atomic E-state index is 13.0. The summed E-state index contributed by atoms with van der Waals surface area (Å²) in [5.74, 6) is -0.746. The number of sulfonamides is 1. The maximum absolute atomic E-state index is 13.0. The van der Waals surface area contributed by atoms with Crippen molar-refractivity contribution in [2.75, 3.05) is 25.1 Å². The third kappa shape index (κ3) is 5.09. The summed E-state index contributed by atoms with van der Waals surface area (Å²) in [5.41, 5.74) is 0.812. The van der Waals surface area contributed by atoms with Gasteiger partial charge in [0.25, 0.3) is 10.0 Å². The Bertz CT molecular complexity index is 1240. The van der Waals surface area contributed by atoms with Crippen LogP contribution in [0.25, 0.3) is 0 Å². The van der Waals surface area contributed by atoms with Gasteiger partial charge in [0.15, 0.2) is 12.4 Å². The summed E-state index contributed by atoms with van der Waals surface area (Å²) in [6.07, 6.45) is 0. The van der Waals surface area contributed by atoms with Crippen molar-refractivity contribution in [2.24, 2.45) is 0 Å². The number of halogens is 1. The zero-order valence-electron chi connectivity index (χ0n) is 17.3. The lowest BCUT2D eigenvalue weighted by molar-refractivity contribution is 0.0474. The third-order valence-corrected chi connectivity index (χ3v) is 6.67. The van der Waals surface area contributed by atoms with E-state index in [1.54, 1.807) is 42.5 Å². The lowest BCUT2D eigenvalue weighted by atomic mass is 10.1. The molecule has 0 unspecified atom stereocenters. The van der Waals surface area contributed by atoms with Gasteiger partial charge < -0.3 is 9.47 Å². The fraction of sp³-hybridized carbons (Fsp3) is 0.130. The molecule has 9 heteroatoms. The predicted octanol–water partition coefficient (Wildman–Crippen LogP) is 4.21. The number of hydrogen-bond donors (Lipinski definition) is 0. The molecule has 0 heterocycles. The molecule has 0 spiro atoms. The highest BCUT2D eigenvalue weighted by atomic mass is 35.5. The second kappa shape index (κ2) is 9.84. The number of carbonyl (C=O) groups excluding carboxylic acids is 2. The molecule has 3 rings (SSSR count). The summed E-state index contributed by atoms with van der Waals surface area (Å²) in [4.78, 5) is 24.4. The number of carbonyl (C=O) groups is 2. The van der Waals surface area contributed by atoms with E-state index >= 15 is 0 Å². The smallest absolute Gasteiger partial charge is 0.338 e. The second-order valence-corrected chi connectivity index (χ2v) is 9.08. The fourth-order valence-electron chi connectivity index (χ4n) is 2.90. The van der Waals surface area contributed by atoms with Crippen LogP contribution in [-0.2, 0) is 14.8 Å². The van der Waals surface area contributed by atoms with Crippen molar-refractivity contribution in [1.29, 1.82) is 0 Å². The van der Waals surface area contributed by atoms with Crippen molar-refractivity contribution < 1.29 is 27.5 Å². The molecule has 0 aromatic heterocycles. The molecule has 0 saturated carbocycles. The molecule has 0 aliphatic heterocycles. The van der Waals surface area contributed by atoms with Crippen LogP contribution in [0.15, 0.2) is 77.7 Å². The minimum Gasteiger partial charge on any atom is -0.495 e. The Morgan fingerprint density at radius 2 is 1.62 bits per heavy atom. The lowest BCUT2D eigenvalue weighted by Crippen LogP contribution is -2.27. The number of hydrogen-bond acceptors (Lipinski definition) is 6. The van der Waals surface area contributed by atoms with Crippen LogP contribution >= 0.6 is 11.6 Å². The first-order valence-electron chi connectivity index (χ1n) is 9.42. The number of Topliss-reactive ketones (excluding diaryl/α,β-unsaturated/α-hetero) is 1. The number of ketones is 1. The molecular weight excluding hydrogens is 454 g/mol. The Balaban J connectivity index is 1.71. The summed E-state index contributed by atoms with van der Waals surface area (Å²) in [6, 6.07) is 18.3. The molecule has 0 fully saturated rings. The van der Waals surface area contributed by atoms with E-state index in [-0.39, 0.29) is 10.5 Å². The number of para-hydroxylation sites is 2. The molecule has 7 nitrogen and oxygen atoms in total. The van der Waals surface area contributed by atoms with E-state index in [1.807, 2.05) is 0 Å². The average Bonchev–Trinajstić information content (AvgIpc) is 2.81. The van der Waals surface area contributed by atoms with Gasteiger partial charge in [0, 0.05) is 17.6 Å². The first kappa shape index (κ1) is 23.3. The van der Waals surface area contributed by atoms with Gasteiger partial charge in [-0.15, -0.1) is 0 Å². The van der Waals surface area contributed by atoms with Crippen LogP contribution in [0, 0.1) is 0 Å². The number of nitrogens with zero attached hydrogens (tertiary/aromatic N) is 1. The molecule has 0 amide bonds. The molecule has 3 aromatic rings. The molecule has 0 aliphatic carbocycles. The van der Waals surface area contributed by atoms with Crippen LogP contribution in [-0.4, -0.2) is 40.9 Å². The monoisotopic (exact) mass is 473 g/mol. The minimum absolute atomic E-state index is 0.0162. The van der Waals surface area contributed by atoms with Crippen LogP contribution in [0.3, 0.4) is 0 Å². The van der Waals surface area contributed by atoms with Gasteiger partial charge in [-0.3, -0.25) is 9.10 Å². The standard InChI is InChI=1S/C23H20ClNO6S/c1-25(20-8-3-4-9-22(20)30-2)32(28,29)19-12-10-16(11-13-19)23(27)31-15-21(26)17-6-5-7-18(24)14-17/h3-14H,15H2,1-2H3. The van der Waals surface area contributed by atoms with E-state index in [4.69, 9.17) is 21.1 Å². The molecule has 3 aromatic carbocycles. The summed E-state index contributed by atoms with van der Waals surface area (Å²) in [6.45, 7) is -0.463. The zero-order valence-corrected chi connectivity index (χ0v) is 18.9. The summed E-state index contributed by atoms with van der Waals surface area (Å²) in [7, 11) is -1.03. The Hall–Kier alpha value is -3.36. The van der Waals surface area contributed by atoms with Gasteiger partial charge in [0.05, 0.1) is 23.3 Å². The van der Waals surface area contributed by atoms with Crippen molar-refractivity contribution in [3.05, 3.63) is 88.9 Å². The Morgan fingerprint density at radius 1 is 0.938 bits per heavy atom. The lowest BCUT2D eigenvalue weighted by Gasteiger charge is -2.21. The first-order chi connectivity index (χ1) is 15.2. The molecule has 0 radical (unpaired) electrons. The van der Waals surface area contributed by atoms with Gasteiger partial charge in [0.1, 0.15) is 5.75 Å². The largest absolute Gasteiger partial charge is 0.495 e. The van der Waals surface area contributed by atoms with Crippen molar-refractivity contribution >= 4 is 39.1 Å². The molecule has 0 aliphatic rings. The number of ether oxygens (including phenoxy) is 2. The van der Waals surface area contributed by atoms with E-state index in [0.717, 1.165) is 4.31 Å². The van der Waals surface area contributed by atoms with E-state index in [9.17, 15) is 18.0 Å². The summed E-state index contributed by atoms with van der Waals surface area (Å²) >= 11 is 5.86. The van der Waals surface area contributed by atoms with E-state index in [1.165, 1.54) is 44.5 Å². The van der Waals surface area contributed by atoms with Crippen molar-refractivity contribution in [3.63, 3.8) is 0 Å². The van der Waals surface area contributed by atoms with Crippen molar-refractivity contribution in [1.82, 2.24) is 0 Å². The normalized spacial score (nSPS) is 11.0. The molecule has 0 bridgehead atoms. The van der Waals surface area contributed by atoms with Gasteiger partial charge in [-0.25, -0.2) is 13.2 Å². The highest BCUT2D eigenvalue weighted by Gasteiger charge is 2.24. The van der Waals surface area contributed by atoms with Gasteiger partial charge >= 0.3 is 5.97 Å². The quantitative estimate of drug-likeness (QED) is 0.359. The molecular formula is C23H20ClNO6S. The molecule has 0 N–H and O–H groups in total. The van der Waals surface area contributed by atoms with Crippen molar-refractivity contribution in [3.8, 4) is 5.75 Å². The SMILES string of the molecule is COc1ccccc1N(C)S(=O)(=O)c1ccc(C(=O)OCC(=O)c2cccc(Cl)c2)cc1. The summed E-state index contributed by atoms with van der Waals surface area (Å²) < 4.78 is 37.3. The number of benzene rings is 3. The number of esters is 1. The highest BCUT2D eigenvalue weighted by molar-refractivity contribution is 7.92. The molecule has 0 saturated heterocycles. The van der Waals surface area contributed by atoms with Gasteiger partial charge in [-0.1, -0.05) is 35.9 Å². The van der Waals surface area contributed by atoms with Gasteiger partial charge in [0.2, 0.25) is 0 Å². The molecule has 0 atom stereocenters. The second-order valence-electron chi connectivity index (χ2n) is 6.68. The molecule has 32 heavy (non-hydrogen) atoms. The minimum atomic E-state index is -3.90. The fourth-order valence-corrected chi connectivity index (χ4v) is 4.30. The first-order valence-corrected chi connectivity index (χ1v) is 11.2. The Labute approximate surface area is 191 Å². The topological polar surface area (TPSA) is 90.0 Å². The van der Waals surface area contributed by atoms with Crippen LogP contribution < -0.4 is 9.04 Å². The molecule has 166 valence electrons. The van der Waals surface area contributed by atoms with E-state index in [2.05, 4.69) is 0 Å². The Kier molecular flexibility index (Phi) is 7.17. The maximum Gasteiger partial charge on any atom is 0.338 e. The number of methoxy groups -OCH3 is 1. The Morgan fingerprint density at radius 3 is 2.28 bits per heavy atom. The van der Waals surface area contributed by atoms with E-state index in [0.29, 0.717) is 22.0 Å². The highest BCUT2D eigenvalue weighted by Crippen LogP contribution is 2.30. The number of rotatable bonds is 8. The van der Waals surface area contributed by atoms with Crippen molar-refractivity contribution in [2.45, 2.75) is 4.90 Å².